The van der Waals surface area contributed by atoms with Gasteiger partial charge in [0.2, 0.25) is 0 Å². The molecule has 6 heteroatoms. The van der Waals surface area contributed by atoms with Gasteiger partial charge in [0, 0.05) is 12.0 Å². The second-order valence-corrected chi connectivity index (χ2v) is 6.80. The number of thiophene rings is 1. The molecule has 0 fully saturated rings. The van der Waals surface area contributed by atoms with Crippen molar-refractivity contribution in [2.75, 3.05) is 6.54 Å². The molecule has 1 aliphatic heterocycles. The molecule has 0 saturated heterocycles. The second kappa shape index (κ2) is 5.79. The fourth-order valence-corrected chi connectivity index (χ4v) is 3.72. The molecule has 0 bridgehead atoms. The highest BCUT2D eigenvalue weighted by Crippen LogP contribution is 2.22. The Hall–Kier alpha value is -1.76. The fraction of sp³-hybridized carbons (Fsp3) is 0.250. The molecule has 0 spiro atoms. The molecule has 112 valence electrons. The molecule has 0 radical (unpaired) electrons. The summed E-state index contributed by atoms with van der Waals surface area (Å²) in [7, 11) is 0. The molecule has 4 nitrogen and oxygen atoms in total. The lowest BCUT2D eigenvalue weighted by molar-refractivity contribution is -0.939. The van der Waals surface area contributed by atoms with Crippen LogP contribution >= 0.6 is 23.6 Å². The molecule has 2 aromatic heterocycles. The standard InChI is InChI=1S/C16H15N3OS2/c21-16-19(17-15(20-16)14-6-3-9-22-14)11-18-8-7-12-4-1-2-5-13(12)10-18/h1-6,9H,7-8,10-11H2/p+1. The van der Waals surface area contributed by atoms with E-state index in [2.05, 4.69) is 29.4 Å². The summed E-state index contributed by atoms with van der Waals surface area (Å²) in [6, 6.07) is 12.7. The van der Waals surface area contributed by atoms with Crippen molar-refractivity contribution in [2.24, 2.45) is 0 Å². The SMILES string of the molecule is S=c1oc(-c2cccs2)nn1C[NH+]1CCc2ccccc2C1. The summed E-state index contributed by atoms with van der Waals surface area (Å²) < 4.78 is 7.45. The largest absolute Gasteiger partial charge is 0.408 e. The predicted octanol–water partition coefficient (Wildman–Crippen LogP) is 2.53. The van der Waals surface area contributed by atoms with Crippen molar-refractivity contribution in [2.45, 2.75) is 19.6 Å². The molecule has 0 aliphatic carbocycles. The average Bonchev–Trinajstić information content (AvgIpc) is 3.18. The molecule has 1 unspecified atom stereocenters. The Kier molecular flexibility index (Phi) is 3.65. The van der Waals surface area contributed by atoms with Gasteiger partial charge >= 0.3 is 0 Å². The van der Waals surface area contributed by atoms with Crippen molar-refractivity contribution in [1.82, 2.24) is 9.78 Å². The first-order valence-corrected chi connectivity index (χ1v) is 8.60. The van der Waals surface area contributed by atoms with Gasteiger partial charge in [-0.3, -0.25) is 0 Å². The van der Waals surface area contributed by atoms with Crippen LogP contribution in [0.25, 0.3) is 10.8 Å². The number of hydrogen-bond acceptors (Lipinski definition) is 4. The lowest BCUT2D eigenvalue weighted by Gasteiger charge is -2.25. The van der Waals surface area contributed by atoms with E-state index in [1.165, 1.54) is 16.0 Å². The minimum absolute atomic E-state index is 0.453. The molecule has 0 saturated carbocycles. The lowest BCUT2D eigenvalue weighted by atomic mass is 10.0. The van der Waals surface area contributed by atoms with Crippen LogP contribution in [-0.4, -0.2) is 16.3 Å². The number of nitrogens with zero attached hydrogens (tertiary/aromatic N) is 2. The van der Waals surface area contributed by atoms with Gasteiger partial charge < -0.3 is 9.32 Å². The zero-order valence-electron chi connectivity index (χ0n) is 12.0. The van der Waals surface area contributed by atoms with E-state index in [1.807, 2.05) is 22.2 Å². The highest BCUT2D eigenvalue weighted by atomic mass is 32.1. The van der Waals surface area contributed by atoms with Crippen molar-refractivity contribution in [3.63, 3.8) is 0 Å². The quantitative estimate of drug-likeness (QED) is 0.750. The molecular formula is C16H16N3OS2+. The normalized spacial score (nSPS) is 17.4. The van der Waals surface area contributed by atoms with Gasteiger partial charge in [0.15, 0.2) is 6.67 Å². The van der Waals surface area contributed by atoms with Gasteiger partial charge in [-0.25, -0.2) is 0 Å². The zero-order chi connectivity index (χ0) is 14.9. The van der Waals surface area contributed by atoms with E-state index in [4.69, 9.17) is 16.6 Å². The molecule has 1 atom stereocenters. The third kappa shape index (κ3) is 2.65. The molecule has 3 aromatic rings. The smallest absolute Gasteiger partial charge is 0.292 e. The van der Waals surface area contributed by atoms with Gasteiger partial charge in [0.25, 0.3) is 10.7 Å². The second-order valence-electron chi connectivity index (χ2n) is 5.50. The van der Waals surface area contributed by atoms with Crippen LogP contribution in [-0.2, 0) is 19.6 Å². The van der Waals surface area contributed by atoms with E-state index in [0.717, 1.165) is 31.1 Å². The van der Waals surface area contributed by atoms with E-state index < -0.39 is 0 Å². The minimum Gasteiger partial charge on any atom is -0.408 e. The summed E-state index contributed by atoms with van der Waals surface area (Å²) in [6.45, 7) is 2.86. The Bertz CT molecular complexity index is 835. The van der Waals surface area contributed by atoms with E-state index >= 15 is 0 Å². The summed E-state index contributed by atoms with van der Waals surface area (Å²) in [5.74, 6) is 0.622. The van der Waals surface area contributed by atoms with Crippen LogP contribution in [0.1, 0.15) is 11.1 Å². The third-order valence-electron chi connectivity index (χ3n) is 4.02. The molecule has 1 aromatic carbocycles. The summed E-state index contributed by atoms with van der Waals surface area (Å²) in [5.41, 5.74) is 2.89. The van der Waals surface area contributed by atoms with Crippen LogP contribution in [0.15, 0.2) is 46.2 Å². The molecule has 1 N–H and O–H groups in total. The van der Waals surface area contributed by atoms with Crippen LogP contribution < -0.4 is 4.90 Å². The Labute approximate surface area is 137 Å². The molecular weight excluding hydrogens is 314 g/mol. The average molecular weight is 330 g/mol. The Morgan fingerprint density at radius 1 is 1.23 bits per heavy atom. The molecule has 3 heterocycles. The molecule has 0 amide bonds. The van der Waals surface area contributed by atoms with Gasteiger partial charge in [-0.05, 0) is 29.2 Å². The maximum Gasteiger partial charge on any atom is 0.292 e. The number of nitrogens with one attached hydrogen (secondary N) is 1. The van der Waals surface area contributed by atoms with Crippen LogP contribution in [0.2, 0.25) is 0 Å². The van der Waals surface area contributed by atoms with Crippen molar-refractivity contribution < 1.29 is 9.32 Å². The minimum atomic E-state index is 0.453. The number of quaternary nitrogens is 1. The Morgan fingerprint density at radius 2 is 2.09 bits per heavy atom. The van der Waals surface area contributed by atoms with Crippen molar-refractivity contribution in [3.05, 3.63) is 57.7 Å². The van der Waals surface area contributed by atoms with Gasteiger partial charge in [-0.1, -0.05) is 30.3 Å². The highest BCUT2D eigenvalue weighted by molar-refractivity contribution is 7.71. The highest BCUT2D eigenvalue weighted by Gasteiger charge is 2.20. The topological polar surface area (TPSA) is 35.4 Å². The summed E-state index contributed by atoms with van der Waals surface area (Å²) >= 11 is 6.93. The monoisotopic (exact) mass is 330 g/mol. The van der Waals surface area contributed by atoms with Gasteiger partial charge in [-0.2, -0.15) is 4.68 Å². The van der Waals surface area contributed by atoms with E-state index in [-0.39, 0.29) is 0 Å². The first kappa shape index (κ1) is 13.9. The Balaban J connectivity index is 1.54. The number of fused-ring (bicyclic) bond motifs is 1. The predicted molar refractivity (Wildman–Crippen MR) is 88.3 cm³/mol. The zero-order valence-corrected chi connectivity index (χ0v) is 13.6. The first-order valence-electron chi connectivity index (χ1n) is 7.32. The molecule has 22 heavy (non-hydrogen) atoms. The lowest BCUT2D eigenvalue weighted by Crippen LogP contribution is -3.11. The third-order valence-corrected chi connectivity index (χ3v) is 5.17. The van der Waals surface area contributed by atoms with Crippen LogP contribution in [0, 0.1) is 4.84 Å². The molecule has 4 rings (SSSR count). The number of rotatable bonds is 3. The maximum absolute atomic E-state index is 5.63. The Morgan fingerprint density at radius 3 is 2.91 bits per heavy atom. The van der Waals surface area contributed by atoms with Crippen LogP contribution in [0.3, 0.4) is 0 Å². The van der Waals surface area contributed by atoms with E-state index in [1.54, 1.807) is 11.3 Å². The van der Waals surface area contributed by atoms with Gasteiger partial charge in [-0.15, -0.1) is 16.4 Å². The van der Waals surface area contributed by atoms with Crippen LogP contribution in [0.4, 0.5) is 0 Å². The van der Waals surface area contributed by atoms with Crippen LogP contribution in [0.5, 0.6) is 0 Å². The van der Waals surface area contributed by atoms with Gasteiger partial charge in [0.1, 0.15) is 6.54 Å². The summed E-state index contributed by atoms with van der Waals surface area (Å²) in [6.07, 6.45) is 1.11. The van der Waals surface area contributed by atoms with E-state index in [0.29, 0.717) is 10.7 Å². The molecule has 1 aliphatic rings. The summed E-state index contributed by atoms with van der Waals surface area (Å²) in [4.78, 5) is 2.93. The van der Waals surface area contributed by atoms with E-state index in [9.17, 15) is 0 Å². The van der Waals surface area contributed by atoms with Gasteiger partial charge in [0.05, 0.1) is 11.4 Å². The first-order chi connectivity index (χ1) is 10.8. The van der Waals surface area contributed by atoms with Crippen molar-refractivity contribution in [3.8, 4) is 10.8 Å². The van der Waals surface area contributed by atoms with Crippen molar-refractivity contribution in [1.29, 1.82) is 0 Å². The fourth-order valence-electron chi connectivity index (χ4n) is 2.90. The number of hydrogen-bond donors (Lipinski definition) is 1. The van der Waals surface area contributed by atoms with Crippen molar-refractivity contribution >= 4 is 23.6 Å². The number of aromatic nitrogens is 2. The summed E-state index contributed by atoms with van der Waals surface area (Å²) in [5, 5.41) is 6.55. The number of benzene rings is 1. The maximum atomic E-state index is 5.63.